The number of methoxy groups -OCH3 is 2. The molecule has 3 aromatic carbocycles. The predicted molar refractivity (Wildman–Crippen MR) is 125 cm³/mol. The number of Topliss-reactive ketones (excluding diaryl/α,β-unsaturated/α-hetero) is 1. The van der Waals surface area contributed by atoms with Crippen molar-refractivity contribution in [1.29, 1.82) is 0 Å². The van der Waals surface area contributed by atoms with Crippen molar-refractivity contribution in [2.45, 2.75) is 19.5 Å². The van der Waals surface area contributed by atoms with Crippen LogP contribution in [0.4, 0.5) is 0 Å². The van der Waals surface area contributed by atoms with Gasteiger partial charge in [-0.05, 0) is 48.9 Å². The summed E-state index contributed by atoms with van der Waals surface area (Å²) in [5.74, 6) is 2.70. The van der Waals surface area contributed by atoms with Gasteiger partial charge < -0.3 is 18.9 Å². The van der Waals surface area contributed by atoms with Crippen molar-refractivity contribution in [2.75, 3.05) is 21.0 Å². The number of rotatable bonds is 5. The van der Waals surface area contributed by atoms with Crippen LogP contribution < -0.4 is 18.9 Å². The van der Waals surface area contributed by atoms with Crippen molar-refractivity contribution in [2.24, 2.45) is 0 Å². The van der Waals surface area contributed by atoms with Crippen LogP contribution in [0, 0.1) is 0 Å². The number of ketones is 1. The minimum absolute atomic E-state index is 0.156. The highest BCUT2D eigenvalue weighted by Gasteiger charge is 2.34. The number of ether oxygens (including phenoxy) is 4. The van der Waals surface area contributed by atoms with Gasteiger partial charge in [0.2, 0.25) is 5.78 Å². The number of carbonyl (C=O) groups is 1. The zero-order valence-electron chi connectivity index (χ0n) is 18.8. The van der Waals surface area contributed by atoms with Gasteiger partial charge in [-0.25, -0.2) is 0 Å². The average molecular weight is 443 g/mol. The third kappa shape index (κ3) is 3.83. The van der Waals surface area contributed by atoms with Gasteiger partial charge in [0.15, 0.2) is 5.76 Å². The molecule has 0 aromatic heterocycles. The van der Waals surface area contributed by atoms with Gasteiger partial charge in [0.1, 0.15) is 29.7 Å². The SMILES string of the molecule is COc1ccc(OC)c(/C=C2\Oc3c(ccc4c3CN(C(C)c3ccccc3)CO4)C2=O)c1. The average Bonchev–Trinajstić information content (AvgIpc) is 3.19. The molecule has 0 N–H and O–H groups in total. The van der Waals surface area contributed by atoms with Gasteiger partial charge >= 0.3 is 0 Å². The van der Waals surface area contributed by atoms with E-state index in [9.17, 15) is 4.79 Å². The molecule has 2 heterocycles. The second kappa shape index (κ2) is 8.64. The Hall–Kier alpha value is -3.77. The fraction of sp³-hybridized carbons (Fsp3) is 0.222. The van der Waals surface area contributed by atoms with E-state index in [1.54, 1.807) is 32.4 Å². The topological polar surface area (TPSA) is 57.2 Å². The Morgan fingerprint density at radius 1 is 1.03 bits per heavy atom. The first kappa shape index (κ1) is 21.1. The van der Waals surface area contributed by atoms with E-state index in [-0.39, 0.29) is 17.6 Å². The van der Waals surface area contributed by atoms with Crippen LogP contribution in [0.1, 0.15) is 40.0 Å². The molecule has 5 rings (SSSR count). The molecule has 2 aliphatic heterocycles. The minimum atomic E-state index is -0.161. The number of hydrogen-bond donors (Lipinski definition) is 0. The maximum atomic E-state index is 13.2. The molecule has 0 radical (unpaired) electrons. The fourth-order valence-electron chi connectivity index (χ4n) is 4.26. The molecule has 3 aromatic rings. The summed E-state index contributed by atoms with van der Waals surface area (Å²) in [6, 6.07) is 19.5. The predicted octanol–water partition coefficient (Wildman–Crippen LogP) is 5.23. The van der Waals surface area contributed by atoms with Crippen LogP contribution in [0.2, 0.25) is 0 Å². The Morgan fingerprint density at radius 3 is 2.61 bits per heavy atom. The van der Waals surface area contributed by atoms with E-state index < -0.39 is 0 Å². The zero-order chi connectivity index (χ0) is 22.9. The normalized spacial score (nSPS) is 17.1. The van der Waals surface area contributed by atoms with E-state index in [4.69, 9.17) is 18.9 Å². The highest BCUT2D eigenvalue weighted by Crippen LogP contribution is 2.43. The number of allylic oxidation sites excluding steroid dienone is 1. The summed E-state index contributed by atoms with van der Waals surface area (Å²) in [6.45, 7) is 3.25. The quantitative estimate of drug-likeness (QED) is 0.503. The number of nitrogens with zero attached hydrogens (tertiary/aromatic N) is 1. The molecule has 1 atom stereocenters. The molecule has 0 spiro atoms. The first-order valence-electron chi connectivity index (χ1n) is 10.8. The summed E-state index contributed by atoms with van der Waals surface area (Å²) in [5.41, 5.74) is 3.34. The molecule has 0 fully saturated rings. The maximum absolute atomic E-state index is 13.2. The number of hydrogen-bond acceptors (Lipinski definition) is 6. The lowest BCUT2D eigenvalue weighted by molar-refractivity contribution is 0.0606. The smallest absolute Gasteiger partial charge is 0.231 e. The molecular formula is C27H25NO5. The van der Waals surface area contributed by atoms with Crippen molar-refractivity contribution < 1.29 is 23.7 Å². The Bertz CT molecular complexity index is 1230. The molecule has 168 valence electrons. The molecule has 0 aliphatic carbocycles. The second-order valence-corrected chi connectivity index (χ2v) is 8.07. The standard InChI is InChI=1S/C27H25NO5/c1-17(18-7-5-4-6-8-18)28-15-22-24(32-16-28)12-10-21-26(29)25(33-27(21)22)14-19-13-20(30-2)9-11-23(19)31-3/h4-14,17H,15-16H2,1-3H3/b25-14-. The third-order valence-corrected chi connectivity index (χ3v) is 6.20. The molecule has 0 saturated heterocycles. The zero-order valence-corrected chi connectivity index (χ0v) is 18.8. The van der Waals surface area contributed by atoms with E-state index in [1.165, 1.54) is 5.56 Å². The van der Waals surface area contributed by atoms with Crippen molar-refractivity contribution >= 4 is 11.9 Å². The lowest BCUT2D eigenvalue weighted by Gasteiger charge is -2.34. The van der Waals surface area contributed by atoms with Crippen molar-refractivity contribution in [3.05, 3.63) is 88.7 Å². The lowest BCUT2D eigenvalue weighted by atomic mass is 10.0. The van der Waals surface area contributed by atoms with Gasteiger partial charge in [-0.15, -0.1) is 0 Å². The van der Waals surface area contributed by atoms with Gasteiger partial charge in [0, 0.05) is 18.2 Å². The van der Waals surface area contributed by atoms with Crippen LogP contribution in [-0.4, -0.2) is 31.6 Å². The van der Waals surface area contributed by atoms with Crippen LogP contribution in [0.25, 0.3) is 6.08 Å². The van der Waals surface area contributed by atoms with Crippen LogP contribution in [-0.2, 0) is 6.54 Å². The first-order chi connectivity index (χ1) is 16.1. The Morgan fingerprint density at radius 2 is 1.85 bits per heavy atom. The van der Waals surface area contributed by atoms with Crippen LogP contribution in [0.3, 0.4) is 0 Å². The van der Waals surface area contributed by atoms with Crippen molar-refractivity contribution in [1.82, 2.24) is 4.90 Å². The van der Waals surface area contributed by atoms with E-state index in [2.05, 4.69) is 24.0 Å². The van der Waals surface area contributed by atoms with E-state index in [0.29, 0.717) is 41.7 Å². The number of fused-ring (bicyclic) bond motifs is 3. The largest absolute Gasteiger partial charge is 0.497 e. The monoisotopic (exact) mass is 443 g/mol. The molecule has 6 nitrogen and oxygen atoms in total. The first-order valence-corrected chi connectivity index (χ1v) is 10.8. The van der Waals surface area contributed by atoms with Gasteiger partial charge in [-0.3, -0.25) is 9.69 Å². The van der Waals surface area contributed by atoms with Crippen LogP contribution >= 0.6 is 0 Å². The van der Waals surface area contributed by atoms with Gasteiger partial charge in [0.05, 0.1) is 25.3 Å². The molecule has 6 heteroatoms. The molecule has 0 bridgehead atoms. The minimum Gasteiger partial charge on any atom is -0.497 e. The summed E-state index contributed by atoms with van der Waals surface area (Å²) in [5, 5.41) is 0. The molecule has 2 aliphatic rings. The third-order valence-electron chi connectivity index (χ3n) is 6.20. The fourth-order valence-corrected chi connectivity index (χ4v) is 4.26. The van der Waals surface area contributed by atoms with E-state index in [0.717, 1.165) is 11.3 Å². The lowest BCUT2D eigenvalue weighted by Crippen LogP contribution is -2.34. The van der Waals surface area contributed by atoms with E-state index in [1.807, 2.05) is 36.4 Å². The summed E-state index contributed by atoms with van der Waals surface area (Å²) in [7, 11) is 3.19. The van der Waals surface area contributed by atoms with Crippen molar-refractivity contribution in [3.63, 3.8) is 0 Å². The molecule has 0 saturated carbocycles. The van der Waals surface area contributed by atoms with Gasteiger partial charge in [-0.1, -0.05) is 30.3 Å². The highest BCUT2D eigenvalue weighted by molar-refractivity contribution is 6.15. The van der Waals surface area contributed by atoms with Crippen LogP contribution in [0.15, 0.2) is 66.4 Å². The second-order valence-electron chi connectivity index (χ2n) is 8.07. The number of benzene rings is 3. The summed E-state index contributed by atoms with van der Waals surface area (Å²) < 4.78 is 22.9. The molecule has 1 unspecified atom stereocenters. The Balaban J connectivity index is 1.47. The summed E-state index contributed by atoms with van der Waals surface area (Å²) >= 11 is 0. The Kier molecular flexibility index (Phi) is 5.52. The Labute approximate surface area is 193 Å². The molecule has 0 amide bonds. The van der Waals surface area contributed by atoms with Crippen molar-refractivity contribution in [3.8, 4) is 23.0 Å². The maximum Gasteiger partial charge on any atom is 0.231 e. The summed E-state index contributed by atoms with van der Waals surface area (Å²) in [4.78, 5) is 15.4. The molecule has 33 heavy (non-hydrogen) atoms. The molecular weight excluding hydrogens is 418 g/mol. The van der Waals surface area contributed by atoms with Gasteiger partial charge in [0.25, 0.3) is 0 Å². The van der Waals surface area contributed by atoms with Crippen LogP contribution in [0.5, 0.6) is 23.0 Å². The van der Waals surface area contributed by atoms with Gasteiger partial charge in [-0.2, -0.15) is 0 Å². The highest BCUT2D eigenvalue weighted by atomic mass is 16.5. The summed E-state index contributed by atoms with van der Waals surface area (Å²) in [6.07, 6.45) is 1.70. The number of carbonyl (C=O) groups excluding carboxylic acids is 1. The van der Waals surface area contributed by atoms with E-state index >= 15 is 0 Å².